The highest BCUT2D eigenvalue weighted by Crippen LogP contribution is 2.19. The number of nitrogens with zero attached hydrogens (tertiary/aromatic N) is 1. The fourth-order valence-corrected chi connectivity index (χ4v) is 2.31. The van der Waals surface area contributed by atoms with Gasteiger partial charge in [0, 0.05) is 6.04 Å². The van der Waals surface area contributed by atoms with Crippen LogP contribution in [0.3, 0.4) is 0 Å². The van der Waals surface area contributed by atoms with Crippen LogP contribution in [0.4, 0.5) is 4.79 Å². The molecule has 3 amide bonds. The Labute approximate surface area is 118 Å². The number of methoxy groups -OCH3 is 1. The van der Waals surface area contributed by atoms with Gasteiger partial charge in [-0.25, -0.2) is 4.79 Å². The first-order valence-electron chi connectivity index (χ1n) is 6.99. The van der Waals surface area contributed by atoms with Gasteiger partial charge < -0.3 is 10.1 Å². The number of rotatable bonds is 4. The van der Waals surface area contributed by atoms with Gasteiger partial charge in [-0.15, -0.1) is 0 Å². The quantitative estimate of drug-likeness (QED) is 0.701. The van der Waals surface area contributed by atoms with Gasteiger partial charge >= 0.3 is 12.0 Å². The highest BCUT2D eigenvalue weighted by atomic mass is 16.5. The lowest BCUT2D eigenvalue weighted by molar-refractivity contribution is -0.147. The second-order valence-electron chi connectivity index (χ2n) is 5.37. The molecule has 0 spiro atoms. The van der Waals surface area contributed by atoms with Crippen molar-refractivity contribution in [2.75, 3.05) is 26.7 Å². The molecule has 1 saturated heterocycles. The molecule has 0 aromatic heterocycles. The van der Waals surface area contributed by atoms with E-state index in [1.807, 2.05) is 4.90 Å². The van der Waals surface area contributed by atoms with Gasteiger partial charge in [0.1, 0.15) is 0 Å². The van der Waals surface area contributed by atoms with Gasteiger partial charge in [-0.2, -0.15) is 0 Å². The summed E-state index contributed by atoms with van der Waals surface area (Å²) in [6, 6.07) is -0.180. The molecule has 0 atom stereocenters. The predicted molar refractivity (Wildman–Crippen MR) is 70.9 cm³/mol. The molecule has 1 aliphatic heterocycles. The van der Waals surface area contributed by atoms with Crippen molar-refractivity contribution in [3.8, 4) is 0 Å². The van der Waals surface area contributed by atoms with E-state index < -0.39 is 6.03 Å². The van der Waals surface area contributed by atoms with Crippen LogP contribution in [0.2, 0.25) is 0 Å². The van der Waals surface area contributed by atoms with E-state index in [2.05, 4.69) is 10.6 Å². The summed E-state index contributed by atoms with van der Waals surface area (Å²) >= 11 is 0. The van der Waals surface area contributed by atoms with Gasteiger partial charge in [-0.05, 0) is 38.8 Å². The van der Waals surface area contributed by atoms with Gasteiger partial charge in [0.05, 0.1) is 19.6 Å². The third-order valence-electron chi connectivity index (χ3n) is 3.65. The van der Waals surface area contributed by atoms with Gasteiger partial charge in [0.15, 0.2) is 0 Å². The molecule has 1 saturated carbocycles. The molecular formula is C13H21N3O4. The number of hydrogen-bond donors (Lipinski definition) is 2. The number of carbonyl (C=O) groups is 3. The van der Waals surface area contributed by atoms with Crippen molar-refractivity contribution in [2.24, 2.45) is 5.92 Å². The number of hydrogen-bond acceptors (Lipinski definition) is 5. The summed E-state index contributed by atoms with van der Waals surface area (Å²) in [6.45, 7) is 1.51. The summed E-state index contributed by atoms with van der Waals surface area (Å²) in [6.07, 6.45) is 3.35. The second kappa shape index (κ2) is 6.69. The van der Waals surface area contributed by atoms with Crippen LogP contribution in [0.5, 0.6) is 0 Å². The first kappa shape index (κ1) is 14.8. The zero-order valence-corrected chi connectivity index (χ0v) is 11.7. The largest absolute Gasteiger partial charge is 0.469 e. The van der Waals surface area contributed by atoms with Crippen LogP contribution in [0.25, 0.3) is 0 Å². The lowest BCUT2D eigenvalue weighted by atomic mass is 9.97. The van der Waals surface area contributed by atoms with Gasteiger partial charge in [-0.1, -0.05) is 0 Å². The fraction of sp³-hybridized carbons (Fsp3) is 0.769. The zero-order chi connectivity index (χ0) is 14.5. The van der Waals surface area contributed by atoms with Crippen LogP contribution in [0.1, 0.15) is 25.7 Å². The first-order valence-corrected chi connectivity index (χ1v) is 6.99. The van der Waals surface area contributed by atoms with Crippen molar-refractivity contribution in [1.29, 1.82) is 0 Å². The van der Waals surface area contributed by atoms with Gasteiger partial charge in [0.2, 0.25) is 5.91 Å². The molecule has 1 heterocycles. The Balaban J connectivity index is 1.65. The number of carbonyl (C=O) groups excluding carboxylic acids is 3. The average Bonchev–Trinajstić information content (AvgIpc) is 3.22. The van der Waals surface area contributed by atoms with Crippen LogP contribution in [0.15, 0.2) is 0 Å². The third-order valence-corrected chi connectivity index (χ3v) is 3.65. The number of likely N-dealkylation sites (tertiary alicyclic amines) is 1. The van der Waals surface area contributed by atoms with E-state index in [0.717, 1.165) is 12.8 Å². The SMILES string of the molecule is COC(=O)C1CCN(CC(=O)NC(=O)NC2CC2)CC1. The molecule has 0 aromatic carbocycles. The monoisotopic (exact) mass is 283 g/mol. The summed E-state index contributed by atoms with van der Waals surface area (Å²) in [4.78, 5) is 36.4. The summed E-state index contributed by atoms with van der Waals surface area (Å²) in [5.74, 6) is -0.560. The van der Waals surface area contributed by atoms with E-state index in [4.69, 9.17) is 4.74 Å². The van der Waals surface area contributed by atoms with E-state index >= 15 is 0 Å². The predicted octanol–water partition coefficient (Wildman–Crippen LogP) is -0.140. The van der Waals surface area contributed by atoms with Crippen LogP contribution in [0, 0.1) is 5.92 Å². The maximum absolute atomic E-state index is 11.7. The number of piperidine rings is 1. The van der Waals surface area contributed by atoms with E-state index in [1.165, 1.54) is 7.11 Å². The van der Waals surface area contributed by atoms with Crippen LogP contribution in [-0.2, 0) is 14.3 Å². The number of imide groups is 1. The number of urea groups is 1. The smallest absolute Gasteiger partial charge is 0.321 e. The van der Waals surface area contributed by atoms with Crippen LogP contribution >= 0.6 is 0 Å². The van der Waals surface area contributed by atoms with Gasteiger partial charge in [-0.3, -0.25) is 19.8 Å². The molecule has 7 nitrogen and oxygen atoms in total. The van der Waals surface area contributed by atoms with Crippen molar-refractivity contribution < 1.29 is 19.1 Å². The molecule has 2 fully saturated rings. The van der Waals surface area contributed by atoms with Crippen molar-refractivity contribution in [3.05, 3.63) is 0 Å². The molecular weight excluding hydrogens is 262 g/mol. The summed E-state index contributed by atoms with van der Waals surface area (Å²) in [5.41, 5.74) is 0. The lowest BCUT2D eigenvalue weighted by Crippen LogP contribution is -2.47. The molecule has 0 unspecified atom stereocenters. The standard InChI is InChI=1S/C13H21N3O4/c1-20-12(18)9-4-6-16(7-5-9)8-11(17)15-13(19)14-10-2-3-10/h9-10H,2-8H2,1H3,(H2,14,15,17,19). The molecule has 0 bridgehead atoms. The van der Waals surface area contributed by atoms with E-state index in [0.29, 0.717) is 25.9 Å². The Morgan fingerprint density at radius 1 is 1.15 bits per heavy atom. The lowest BCUT2D eigenvalue weighted by Gasteiger charge is -2.29. The van der Waals surface area contributed by atoms with Crippen LogP contribution < -0.4 is 10.6 Å². The van der Waals surface area contributed by atoms with Crippen molar-refractivity contribution in [2.45, 2.75) is 31.7 Å². The number of nitrogens with one attached hydrogen (secondary N) is 2. The fourth-order valence-electron chi connectivity index (χ4n) is 2.31. The third kappa shape index (κ3) is 4.48. The Bertz CT molecular complexity index is 387. The maximum atomic E-state index is 11.7. The highest BCUT2D eigenvalue weighted by molar-refractivity contribution is 5.95. The first-order chi connectivity index (χ1) is 9.58. The van der Waals surface area contributed by atoms with Gasteiger partial charge in [0.25, 0.3) is 0 Å². The number of ether oxygens (including phenoxy) is 1. The Morgan fingerprint density at radius 3 is 2.35 bits per heavy atom. The zero-order valence-electron chi connectivity index (χ0n) is 11.7. The molecule has 7 heteroatoms. The van der Waals surface area contributed by atoms with Crippen molar-refractivity contribution in [3.63, 3.8) is 0 Å². The minimum atomic E-state index is -0.415. The van der Waals surface area contributed by atoms with E-state index in [9.17, 15) is 14.4 Å². The molecule has 2 rings (SSSR count). The minimum absolute atomic E-state index is 0.0718. The molecule has 1 aliphatic carbocycles. The summed E-state index contributed by atoms with van der Waals surface area (Å²) < 4.78 is 4.71. The molecule has 112 valence electrons. The summed E-state index contributed by atoms with van der Waals surface area (Å²) in [7, 11) is 1.39. The topological polar surface area (TPSA) is 87.7 Å². The molecule has 2 N–H and O–H groups in total. The Kier molecular flexibility index (Phi) is 4.94. The Hall–Kier alpha value is -1.63. The summed E-state index contributed by atoms with van der Waals surface area (Å²) in [5, 5.41) is 5.02. The minimum Gasteiger partial charge on any atom is -0.469 e. The van der Waals surface area contributed by atoms with Crippen molar-refractivity contribution >= 4 is 17.9 Å². The van der Waals surface area contributed by atoms with E-state index in [1.54, 1.807) is 0 Å². The normalized spacial score (nSPS) is 20.2. The molecule has 0 aromatic rings. The molecule has 2 aliphatic rings. The average molecular weight is 283 g/mol. The maximum Gasteiger partial charge on any atom is 0.321 e. The Morgan fingerprint density at radius 2 is 1.80 bits per heavy atom. The second-order valence-corrected chi connectivity index (χ2v) is 5.37. The molecule has 0 radical (unpaired) electrons. The van der Waals surface area contributed by atoms with Crippen molar-refractivity contribution in [1.82, 2.24) is 15.5 Å². The highest BCUT2D eigenvalue weighted by Gasteiger charge is 2.27. The number of amides is 3. The van der Waals surface area contributed by atoms with E-state index in [-0.39, 0.29) is 30.4 Å². The number of esters is 1. The van der Waals surface area contributed by atoms with Crippen LogP contribution in [-0.4, -0.2) is 55.6 Å². The molecule has 20 heavy (non-hydrogen) atoms.